The van der Waals surface area contributed by atoms with Gasteiger partial charge in [0.25, 0.3) is 0 Å². The molecule has 184 valence electrons. The predicted octanol–water partition coefficient (Wildman–Crippen LogP) is 6.61. The van der Waals surface area contributed by atoms with Gasteiger partial charge >= 0.3 is 30.0 Å². The molecule has 0 bridgehead atoms. The highest BCUT2D eigenvalue weighted by Gasteiger charge is 2.73. The third-order valence-electron chi connectivity index (χ3n) is 4.52. The number of carbonyl (C=O) groups excluding carboxylic acids is 2. The zero-order valence-corrected chi connectivity index (χ0v) is 17.7. The van der Waals surface area contributed by atoms with E-state index in [1.54, 1.807) is 0 Å². The standard InChI is InChI=1S/C20H31F7O4/c1-2-3-4-5-6-7-8-9-10-11-14-30-16(28)12-13-17(29)31-15-18(21,22)19(23,24)20(25,26)27/h2-15H2,1H3. The van der Waals surface area contributed by atoms with Gasteiger partial charge in [-0.25, -0.2) is 0 Å². The van der Waals surface area contributed by atoms with Gasteiger partial charge in [-0.1, -0.05) is 64.7 Å². The van der Waals surface area contributed by atoms with E-state index in [-0.39, 0.29) is 6.61 Å². The van der Waals surface area contributed by atoms with Crippen LogP contribution in [0.25, 0.3) is 0 Å². The number of hydrogen-bond donors (Lipinski definition) is 0. The van der Waals surface area contributed by atoms with Crippen LogP contribution in [0.3, 0.4) is 0 Å². The SMILES string of the molecule is CCCCCCCCCCCCOC(=O)CCC(=O)OCC(F)(F)C(F)(F)C(F)(F)F. The van der Waals surface area contributed by atoms with Crippen molar-refractivity contribution in [3.05, 3.63) is 0 Å². The molecular weight excluding hydrogens is 437 g/mol. The van der Waals surface area contributed by atoms with Gasteiger partial charge in [-0.05, 0) is 6.42 Å². The monoisotopic (exact) mass is 468 g/mol. The predicted molar refractivity (Wildman–Crippen MR) is 98.9 cm³/mol. The van der Waals surface area contributed by atoms with E-state index < -0.39 is 49.4 Å². The summed E-state index contributed by atoms with van der Waals surface area (Å²) >= 11 is 0. The Morgan fingerprint density at radius 3 is 1.52 bits per heavy atom. The molecule has 0 atom stereocenters. The van der Waals surface area contributed by atoms with Crippen molar-refractivity contribution in [3.8, 4) is 0 Å². The average molecular weight is 468 g/mol. The average Bonchev–Trinajstić information content (AvgIpc) is 2.68. The maximum absolute atomic E-state index is 13.0. The fraction of sp³-hybridized carbons (Fsp3) is 0.900. The number of carbonyl (C=O) groups is 2. The van der Waals surface area contributed by atoms with Crippen molar-refractivity contribution in [2.24, 2.45) is 0 Å². The van der Waals surface area contributed by atoms with Crippen LogP contribution in [-0.2, 0) is 19.1 Å². The molecular formula is C20H31F7O4. The highest BCUT2D eigenvalue weighted by molar-refractivity contribution is 5.77. The summed E-state index contributed by atoms with van der Waals surface area (Å²) < 4.78 is 95.9. The number of halogens is 7. The van der Waals surface area contributed by atoms with Crippen LogP contribution < -0.4 is 0 Å². The molecule has 0 aromatic heterocycles. The zero-order chi connectivity index (χ0) is 24.0. The molecule has 0 aromatic rings. The van der Waals surface area contributed by atoms with Crippen molar-refractivity contribution in [2.75, 3.05) is 13.2 Å². The van der Waals surface area contributed by atoms with Crippen molar-refractivity contribution in [3.63, 3.8) is 0 Å². The molecule has 0 aliphatic heterocycles. The van der Waals surface area contributed by atoms with E-state index in [1.807, 2.05) is 0 Å². The van der Waals surface area contributed by atoms with Crippen LogP contribution in [0.15, 0.2) is 0 Å². The van der Waals surface area contributed by atoms with Crippen LogP contribution in [0, 0.1) is 0 Å². The normalized spacial score (nSPS) is 12.6. The van der Waals surface area contributed by atoms with Crippen molar-refractivity contribution < 1.29 is 49.8 Å². The molecule has 11 heteroatoms. The van der Waals surface area contributed by atoms with Gasteiger partial charge in [0.05, 0.1) is 19.4 Å². The minimum Gasteiger partial charge on any atom is -0.466 e. The van der Waals surface area contributed by atoms with Gasteiger partial charge in [-0.3, -0.25) is 9.59 Å². The summed E-state index contributed by atoms with van der Waals surface area (Å²) in [6.45, 7) is -0.182. The number of hydrogen-bond acceptors (Lipinski definition) is 4. The molecule has 0 saturated carbocycles. The number of rotatable bonds is 17. The van der Waals surface area contributed by atoms with E-state index in [0.29, 0.717) is 6.42 Å². The zero-order valence-electron chi connectivity index (χ0n) is 17.7. The number of ether oxygens (including phenoxy) is 2. The molecule has 0 N–H and O–H groups in total. The Hall–Kier alpha value is -1.55. The first-order valence-electron chi connectivity index (χ1n) is 10.5. The second-order valence-electron chi connectivity index (χ2n) is 7.34. The van der Waals surface area contributed by atoms with Gasteiger partial charge in [0, 0.05) is 0 Å². The van der Waals surface area contributed by atoms with E-state index in [2.05, 4.69) is 11.7 Å². The van der Waals surface area contributed by atoms with Crippen LogP contribution in [0.5, 0.6) is 0 Å². The number of esters is 2. The van der Waals surface area contributed by atoms with Crippen LogP contribution in [0.2, 0.25) is 0 Å². The maximum atomic E-state index is 13.0. The molecule has 0 aliphatic carbocycles. The summed E-state index contributed by atoms with van der Waals surface area (Å²) in [6.07, 6.45) is 3.02. The molecule has 0 aromatic carbocycles. The van der Waals surface area contributed by atoms with Crippen molar-refractivity contribution >= 4 is 11.9 Å². The van der Waals surface area contributed by atoms with Gasteiger partial charge < -0.3 is 9.47 Å². The van der Waals surface area contributed by atoms with Crippen LogP contribution >= 0.6 is 0 Å². The Bertz CT molecular complexity index is 522. The second kappa shape index (κ2) is 14.5. The van der Waals surface area contributed by atoms with E-state index in [9.17, 15) is 40.3 Å². The second-order valence-corrected chi connectivity index (χ2v) is 7.34. The summed E-state index contributed by atoms with van der Waals surface area (Å²) in [6, 6.07) is 0. The third kappa shape index (κ3) is 12.2. The summed E-state index contributed by atoms with van der Waals surface area (Å²) in [7, 11) is 0. The molecule has 0 aliphatic rings. The topological polar surface area (TPSA) is 52.6 Å². The fourth-order valence-electron chi connectivity index (χ4n) is 2.59. The first-order valence-corrected chi connectivity index (χ1v) is 10.5. The lowest BCUT2D eigenvalue weighted by molar-refractivity contribution is -0.359. The minimum absolute atomic E-state index is 0.111. The first-order chi connectivity index (χ1) is 14.3. The largest absolute Gasteiger partial charge is 0.466 e. The van der Waals surface area contributed by atoms with Crippen molar-refractivity contribution in [2.45, 2.75) is 102 Å². The maximum Gasteiger partial charge on any atom is 0.460 e. The van der Waals surface area contributed by atoms with E-state index in [1.165, 1.54) is 32.1 Å². The number of alkyl halides is 7. The highest BCUT2D eigenvalue weighted by Crippen LogP contribution is 2.46. The van der Waals surface area contributed by atoms with Gasteiger partial charge in [0.1, 0.15) is 0 Å². The Kier molecular flexibility index (Phi) is 13.8. The van der Waals surface area contributed by atoms with E-state index in [0.717, 1.165) is 25.7 Å². The Balaban J connectivity index is 3.84. The quantitative estimate of drug-likeness (QED) is 0.137. The summed E-state index contributed by atoms with van der Waals surface area (Å²) in [4.78, 5) is 22.7. The lowest BCUT2D eigenvalue weighted by Crippen LogP contribution is -2.54. The summed E-state index contributed by atoms with van der Waals surface area (Å²) in [5.74, 6) is -14.3. The van der Waals surface area contributed by atoms with E-state index >= 15 is 0 Å². The molecule has 0 rings (SSSR count). The fourth-order valence-corrected chi connectivity index (χ4v) is 2.59. The van der Waals surface area contributed by atoms with Gasteiger partial charge in [-0.15, -0.1) is 0 Å². The molecule has 0 unspecified atom stereocenters. The van der Waals surface area contributed by atoms with Crippen molar-refractivity contribution in [1.29, 1.82) is 0 Å². The van der Waals surface area contributed by atoms with Gasteiger partial charge in [0.2, 0.25) is 0 Å². The van der Waals surface area contributed by atoms with Crippen LogP contribution in [0.4, 0.5) is 30.7 Å². The smallest absolute Gasteiger partial charge is 0.460 e. The third-order valence-corrected chi connectivity index (χ3v) is 4.52. The lowest BCUT2D eigenvalue weighted by Gasteiger charge is -2.27. The van der Waals surface area contributed by atoms with Gasteiger partial charge in [-0.2, -0.15) is 30.7 Å². The number of unbranched alkanes of at least 4 members (excludes halogenated alkanes) is 9. The molecule has 0 amide bonds. The van der Waals surface area contributed by atoms with Crippen molar-refractivity contribution in [1.82, 2.24) is 0 Å². The Morgan fingerprint density at radius 2 is 1.06 bits per heavy atom. The molecule has 31 heavy (non-hydrogen) atoms. The van der Waals surface area contributed by atoms with Crippen LogP contribution in [0.1, 0.15) is 84.0 Å². The first kappa shape index (κ1) is 29.5. The Labute approximate surface area is 177 Å². The summed E-state index contributed by atoms with van der Waals surface area (Å²) in [5, 5.41) is 0. The van der Waals surface area contributed by atoms with Crippen LogP contribution in [-0.4, -0.2) is 43.2 Å². The van der Waals surface area contributed by atoms with E-state index in [4.69, 9.17) is 4.74 Å². The minimum atomic E-state index is -6.50. The Morgan fingerprint density at radius 1 is 0.645 bits per heavy atom. The molecule has 0 fully saturated rings. The molecule has 0 spiro atoms. The highest BCUT2D eigenvalue weighted by atomic mass is 19.4. The summed E-state index contributed by atoms with van der Waals surface area (Å²) in [5.41, 5.74) is 0. The molecule has 0 radical (unpaired) electrons. The van der Waals surface area contributed by atoms with Gasteiger partial charge in [0.15, 0.2) is 6.61 Å². The lowest BCUT2D eigenvalue weighted by atomic mass is 10.1. The molecule has 0 heterocycles. The molecule has 0 saturated heterocycles. The molecule has 4 nitrogen and oxygen atoms in total.